The fourth-order valence-corrected chi connectivity index (χ4v) is 6.31. The summed E-state index contributed by atoms with van der Waals surface area (Å²) in [6, 6.07) is 12.0. The van der Waals surface area contributed by atoms with Gasteiger partial charge in [-0.3, -0.25) is 9.59 Å². The van der Waals surface area contributed by atoms with Gasteiger partial charge in [0.2, 0.25) is 0 Å². The second-order valence-corrected chi connectivity index (χ2v) is 11.7. The SMILES string of the molecule is CCCCSC(Cc1ccc(SCCCOc2ccc(C(C)=O)c(O)c2CCC)cc1)C(C)C(=O)OC. The number of methoxy groups -OCH3 is 1. The minimum Gasteiger partial charge on any atom is -0.507 e. The van der Waals surface area contributed by atoms with E-state index in [1.54, 1.807) is 23.9 Å². The Morgan fingerprint density at radius 1 is 1.00 bits per heavy atom. The van der Waals surface area contributed by atoms with Crippen LogP contribution in [0.5, 0.6) is 11.5 Å². The second-order valence-electron chi connectivity index (χ2n) is 9.22. The number of carbonyl (C=O) groups excluding carboxylic acids is 2. The molecule has 0 aliphatic carbocycles. The van der Waals surface area contributed by atoms with E-state index in [1.807, 2.05) is 25.6 Å². The minimum atomic E-state index is -0.146. The average Bonchev–Trinajstić information content (AvgIpc) is 2.89. The van der Waals surface area contributed by atoms with Gasteiger partial charge in [-0.25, -0.2) is 0 Å². The van der Waals surface area contributed by atoms with Gasteiger partial charge in [0, 0.05) is 21.5 Å². The van der Waals surface area contributed by atoms with Crippen LogP contribution in [0, 0.1) is 5.92 Å². The molecule has 0 heterocycles. The average molecular weight is 547 g/mol. The van der Waals surface area contributed by atoms with Crippen molar-refractivity contribution >= 4 is 35.3 Å². The molecule has 0 spiro atoms. The molecule has 37 heavy (non-hydrogen) atoms. The van der Waals surface area contributed by atoms with Crippen molar-refractivity contribution in [3.05, 3.63) is 53.1 Å². The first-order valence-corrected chi connectivity index (χ1v) is 15.2. The summed E-state index contributed by atoms with van der Waals surface area (Å²) in [6.45, 7) is 8.19. The molecule has 0 aliphatic rings. The number of phenolic OH excluding ortho intramolecular Hbond substituents is 1. The van der Waals surface area contributed by atoms with Crippen LogP contribution < -0.4 is 4.74 Å². The number of rotatable bonds is 17. The van der Waals surface area contributed by atoms with E-state index in [9.17, 15) is 14.7 Å². The lowest BCUT2D eigenvalue weighted by Gasteiger charge is -2.22. The summed E-state index contributed by atoms with van der Waals surface area (Å²) in [5, 5.41) is 10.7. The predicted molar refractivity (Wildman–Crippen MR) is 155 cm³/mol. The normalized spacial score (nSPS) is 12.7. The van der Waals surface area contributed by atoms with Crippen molar-refractivity contribution in [2.24, 2.45) is 5.92 Å². The fraction of sp³-hybridized carbons (Fsp3) is 0.533. The van der Waals surface area contributed by atoms with Gasteiger partial charge < -0.3 is 14.6 Å². The smallest absolute Gasteiger partial charge is 0.309 e. The Morgan fingerprint density at radius 2 is 1.73 bits per heavy atom. The van der Waals surface area contributed by atoms with E-state index in [4.69, 9.17) is 9.47 Å². The van der Waals surface area contributed by atoms with E-state index in [0.29, 0.717) is 29.9 Å². The summed E-state index contributed by atoms with van der Waals surface area (Å²) in [7, 11) is 1.46. The Bertz CT molecular complexity index is 990. The first-order chi connectivity index (χ1) is 17.8. The fourth-order valence-electron chi connectivity index (χ4n) is 4.01. The first kappa shape index (κ1) is 31.1. The number of thioether (sulfide) groups is 2. The van der Waals surface area contributed by atoms with Crippen molar-refractivity contribution in [3.8, 4) is 11.5 Å². The highest BCUT2D eigenvalue weighted by molar-refractivity contribution is 8.00. The highest BCUT2D eigenvalue weighted by Crippen LogP contribution is 2.33. The quantitative estimate of drug-likeness (QED) is 0.0961. The number of phenols is 1. The molecule has 0 aliphatic heterocycles. The van der Waals surface area contributed by atoms with Crippen LogP contribution in [-0.4, -0.2) is 47.3 Å². The number of unbranched alkanes of at least 4 members (excludes halogenated alkanes) is 1. The largest absolute Gasteiger partial charge is 0.507 e. The van der Waals surface area contributed by atoms with Gasteiger partial charge in [-0.2, -0.15) is 11.8 Å². The standard InChI is InChI=1S/C30H42O5S2/c1-6-8-18-37-28(21(3)30(33)34-5)20-23-11-13-24(14-12-23)36-19-9-17-35-27-16-15-25(22(4)31)29(32)26(27)10-7-2/h11-16,21,28,32H,6-10,17-20H2,1-5H3. The van der Waals surface area contributed by atoms with Crippen molar-refractivity contribution in [3.63, 3.8) is 0 Å². The Labute approximate surface area is 231 Å². The van der Waals surface area contributed by atoms with Crippen molar-refractivity contribution in [1.29, 1.82) is 0 Å². The molecule has 204 valence electrons. The van der Waals surface area contributed by atoms with Crippen molar-refractivity contribution < 1.29 is 24.2 Å². The number of esters is 1. The molecule has 0 saturated carbocycles. The Balaban J connectivity index is 1.86. The number of ketones is 1. The van der Waals surface area contributed by atoms with Crippen LogP contribution in [0.3, 0.4) is 0 Å². The Hall–Kier alpha value is -2.12. The molecule has 2 aromatic carbocycles. The maximum atomic E-state index is 12.1. The molecular weight excluding hydrogens is 504 g/mol. The van der Waals surface area contributed by atoms with Crippen molar-refractivity contribution in [2.75, 3.05) is 25.2 Å². The first-order valence-electron chi connectivity index (χ1n) is 13.2. The lowest BCUT2D eigenvalue weighted by molar-refractivity contribution is -0.144. The van der Waals surface area contributed by atoms with Gasteiger partial charge in [-0.15, -0.1) is 11.8 Å². The maximum absolute atomic E-state index is 12.1. The molecule has 0 radical (unpaired) electrons. The molecule has 1 N–H and O–H groups in total. The van der Waals surface area contributed by atoms with Gasteiger partial charge in [0.1, 0.15) is 11.5 Å². The molecule has 2 unspecified atom stereocenters. The molecule has 5 nitrogen and oxygen atoms in total. The van der Waals surface area contributed by atoms with Crippen LogP contribution in [0.2, 0.25) is 0 Å². The number of ether oxygens (including phenoxy) is 2. The Kier molecular flexibility index (Phi) is 14.0. The molecule has 0 aromatic heterocycles. The highest BCUT2D eigenvalue weighted by Gasteiger charge is 2.25. The van der Waals surface area contributed by atoms with Gasteiger partial charge in [-0.1, -0.05) is 45.7 Å². The topological polar surface area (TPSA) is 72.8 Å². The maximum Gasteiger partial charge on any atom is 0.309 e. The molecule has 0 bridgehead atoms. The summed E-state index contributed by atoms with van der Waals surface area (Å²) in [6.07, 6.45) is 5.53. The van der Waals surface area contributed by atoms with Crippen molar-refractivity contribution in [2.45, 2.75) is 76.4 Å². The van der Waals surface area contributed by atoms with Gasteiger partial charge in [-0.05, 0) is 68.2 Å². The lowest BCUT2D eigenvalue weighted by atomic mass is 10.0. The Morgan fingerprint density at radius 3 is 2.35 bits per heavy atom. The number of hydrogen-bond donors (Lipinski definition) is 1. The molecule has 2 rings (SSSR count). The zero-order chi connectivity index (χ0) is 27.2. The number of aromatic hydroxyl groups is 1. The number of hydrogen-bond acceptors (Lipinski definition) is 7. The van der Waals surface area contributed by atoms with Gasteiger partial charge in [0.05, 0.1) is 25.2 Å². The van der Waals surface area contributed by atoms with Gasteiger partial charge in [0.15, 0.2) is 5.78 Å². The molecule has 0 saturated heterocycles. The summed E-state index contributed by atoms with van der Waals surface area (Å²) >= 11 is 3.65. The third-order valence-corrected chi connectivity index (χ3v) is 8.88. The number of benzene rings is 2. The van der Waals surface area contributed by atoms with Crippen LogP contribution in [-0.2, 0) is 22.4 Å². The zero-order valence-electron chi connectivity index (χ0n) is 22.9. The van der Waals surface area contributed by atoms with E-state index in [0.717, 1.165) is 43.6 Å². The minimum absolute atomic E-state index is 0.0493. The summed E-state index contributed by atoms with van der Waals surface area (Å²) in [5.74, 6) is 2.25. The molecular formula is C30H42O5S2. The zero-order valence-corrected chi connectivity index (χ0v) is 24.5. The molecule has 2 atom stereocenters. The second kappa shape index (κ2) is 16.7. The summed E-state index contributed by atoms with van der Waals surface area (Å²) in [5.41, 5.74) is 2.29. The number of Topliss-reactive ketones (excluding diaryl/α,β-unsaturated/α-hetero) is 1. The van der Waals surface area contributed by atoms with E-state index in [-0.39, 0.29) is 28.7 Å². The lowest BCUT2D eigenvalue weighted by Crippen LogP contribution is -2.26. The van der Waals surface area contributed by atoms with E-state index in [2.05, 4.69) is 31.2 Å². The summed E-state index contributed by atoms with van der Waals surface area (Å²) < 4.78 is 11.0. The molecule has 7 heteroatoms. The van der Waals surface area contributed by atoms with Crippen LogP contribution in [0.1, 0.15) is 74.9 Å². The number of carbonyl (C=O) groups is 2. The van der Waals surface area contributed by atoms with Crippen LogP contribution in [0.25, 0.3) is 0 Å². The monoisotopic (exact) mass is 546 g/mol. The predicted octanol–water partition coefficient (Wildman–Crippen LogP) is 7.36. The van der Waals surface area contributed by atoms with Crippen LogP contribution in [0.4, 0.5) is 0 Å². The van der Waals surface area contributed by atoms with Crippen LogP contribution in [0.15, 0.2) is 41.3 Å². The molecule has 0 amide bonds. The molecule has 0 fully saturated rings. The summed E-state index contributed by atoms with van der Waals surface area (Å²) in [4.78, 5) is 25.1. The van der Waals surface area contributed by atoms with E-state index in [1.165, 1.54) is 24.5 Å². The van der Waals surface area contributed by atoms with E-state index >= 15 is 0 Å². The third-order valence-electron chi connectivity index (χ3n) is 6.25. The van der Waals surface area contributed by atoms with Crippen molar-refractivity contribution in [1.82, 2.24) is 0 Å². The van der Waals surface area contributed by atoms with Gasteiger partial charge >= 0.3 is 5.97 Å². The van der Waals surface area contributed by atoms with Gasteiger partial charge in [0.25, 0.3) is 0 Å². The molecule has 2 aromatic rings. The van der Waals surface area contributed by atoms with E-state index < -0.39 is 0 Å². The highest BCUT2D eigenvalue weighted by atomic mass is 32.2. The van der Waals surface area contributed by atoms with Crippen LogP contribution >= 0.6 is 23.5 Å². The third kappa shape index (κ3) is 9.93.